The van der Waals surface area contributed by atoms with Gasteiger partial charge in [0.15, 0.2) is 5.66 Å². The predicted octanol–water partition coefficient (Wildman–Crippen LogP) is 2.25. The van der Waals surface area contributed by atoms with Crippen LogP contribution in [-0.4, -0.2) is 39.3 Å². The number of amides is 1. The molecule has 1 amide bonds. The number of carbonyl (C=O) groups excluding carboxylic acids is 1. The molecule has 120 valence electrons. The van der Waals surface area contributed by atoms with Gasteiger partial charge >= 0.3 is 0 Å². The van der Waals surface area contributed by atoms with Crippen molar-refractivity contribution in [2.75, 3.05) is 18.8 Å². The zero-order chi connectivity index (χ0) is 16.1. The van der Waals surface area contributed by atoms with Crippen LogP contribution >= 0.6 is 0 Å². The van der Waals surface area contributed by atoms with Gasteiger partial charge in [0.25, 0.3) is 5.91 Å². The smallest absolute Gasteiger partial charge is 0.259 e. The first-order valence-electron chi connectivity index (χ1n) is 7.80. The molecule has 22 heavy (non-hydrogen) atoms. The summed E-state index contributed by atoms with van der Waals surface area (Å²) in [5.41, 5.74) is 6.12. The van der Waals surface area contributed by atoms with Crippen LogP contribution in [0, 0.1) is 5.92 Å². The maximum Gasteiger partial charge on any atom is 0.259 e. The average Bonchev–Trinajstić information content (AvgIpc) is 3.08. The van der Waals surface area contributed by atoms with Gasteiger partial charge in [-0.15, -0.1) is 0 Å². The molecular formula is C15H24N6O. The van der Waals surface area contributed by atoms with E-state index in [0.29, 0.717) is 23.8 Å². The van der Waals surface area contributed by atoms with Gasteiger partial charge in [0, 0.05) is 19.0 Å². The van der Waals surface area contributed by atoms with Crippen molar-refractivity contribution >= 4 is 11.7 Å². The highest BCUT2D eigenvalue weighted by Gasteiger charge is 2.45. The van der Waals surface area contributed by atoms with Gasteiger partial charge in [-0.05, 0) is 40.5 Å². The van der Waals surface area contributed by atoms with Gasteiger partial charge in [-0.3, -0.25) is 4.79 Å². The van der Waals surface area contributed by atoms with Gasteiger partial charge in [-0.25, -0.2) is 4.68 Å². The molecule has 0 saturated carbocycles. The lowest BCUT2D eigenvalue weighted by Crippen LogP contribution is -2.44. The highest BCUT2D eigenvalue weighted by atomic mass is 16.2. The fourth-order valence-electron chi connectivity index (χ4n) is 3.08. The number of nitrogens with zero attached hydrogens (tertiary/aromatic N) is 5. The first-order chi connectivity index (χ1) is 10.2. The van der Waals surface area contributed by atoms with Crippen LogP contribution in [0.5, 0.6) is 0 Å². The fourth-order valence-corrected chi connectivity index (χ4v) is 3.08. The number of hydrogen-bond acceptors (Lipinski definition) is 5. The van der Waals surface area contributed by atoms with Crippen molar-refractivity contribution in [2.24, 2.45) is 16.1 Å². The Hall–Kier alpha value is -1.92. The van der Waals surface area contributed by atoms with Gasteiger partial charge in [-0.2, -0.15) is 15.3 Å². The Balaban J connectivity index is 1.78. The molecule has 0 radical (unpaired) electrons. The van der Waals surface area contributed by atoms with Crippen molar-refractivity contribution in [2.45, 2.75) is 51.7 Å². The van der Waals surface area contributed by atoms with Crippen LogP contribution in [0.25, 0.3) is 0 Å². The third-order valence-electron chi connectivity index (χ3n) is 4.57. The molecule has 1 unspecified atom stereocenters. The Morgan fingerprint density at radius 2 is 2.09 bits per heavy atom. The predicted molar refractivity (Wildman–Crippen MR) is 83.5 cm³/mol. The molecule has 3 rings (SSSR count). The summed E-state index contributed by atoms with van der Waals surface area (Å²) in [6.07, 6.45) is 3.62. The zero-order valence-electron chi connectivity index (χ0n) is 13.7. The molecule has 1 saturated heterocycles. The third kappa shape index (κ3) is 2.48. The first kappa shape index (κ1) is 15.0. The highest BCUT2D eigenvalue weighted by Crippen LogP contribution is 2.40. The van der Waals surface area contributed by atoms with E-state index in [1.807, 2.05) is 32.6 Å². The molecule has 1 aromatic rings. The molecule has 7 heteroatoms. The van der Waals surface area contributed by atoms with E-state index in [2.05, 4.69) is 15.3 Å². The number of hydrogen-bond donors (Lipinski definition) is 1. The number of piperidine rings is 1. The summed E-state index contributed by atoms with van der Waals surface area (Å²) in [5.74, 6) is 0.706. The first-order valence-corrected chi connectivity index (χ1v) is 7.80. The maximum absolute atomic E-state index is 12.8. The molecule has 2 N–H and O–H groups in total. The average molecular weight is 304 g/mol. The highest BCUT2D eigenvalue weighted by molar-refractivity contribution is 5.98. The van der Waals surface area contributed by atoms with Crippen molar-refractivity contribution < 1.29 is 4.79 Å². The van der Waals surface area contributed by atoms with Gasteiger partial charge < -0.3 is 10.6 Å². The van der Waals surface area contributed by atoms with Crippen LogP contribution in [0.15, 0.2) is 16.4 Å². The normalized spacial score (nSPS) is 23.6. The molecule has 3 heterocycles. The minimum atomic E-state index is -0.278. The second-order valence-electron chi connectivity index (χ2n) is 7.41. The van der Waals surface area contributed by atoms with E-state index in [4.69, 9.17) is 5.73 Å². The SMILES string of the molecule is CC1(C2CCCN(C(=O)c3cnn(C(C)(C)C)c3N)C2)N=N1. The van der Waals surface area contributed by atoms with Gasteiger partial charge in [0.05, 0.1) is 11.7 Å². The number of nitrogen functional groups attached to an aromatic ring is 1. The van der Waals surface area contributed by atoms with E-state index in [1.165, 1.54) is 0 Å². The largest absolute Gasteiger partial charge is 0.383 e. The Bertz CT molecular complexity index is 620. The van der Waals surface area contributed by atoms with Crippen LogP contribution in [0.4, 0.5) is 5.82 Å². The summed E-state index contributed by atoms with van der Waals surface area (Å²) >= 11 is 0. The molecule has 2 aliphatic rings. The summed E-state index contributed by atoms with van der Waals surface area (Å²) in [6.45, 7) is 9.50. The second-order valence-corrected chi connectivity index (χ2v) is 7.41. The standard InChI is InChI=1S/C15H24N6O/c1-14(2,3)21-12(16)11(8-17-21)13(22)20-7-5-6-10(9-20)15(4)18-19-15/h8,10H,5-7,9,16H2,1-4H3. The number of nitrogens with two attached hydrogens (primary N) is 1. The lowest BCUT2D eigenvalue weighted by Gasteiger charge is -2.34. The van der Waals surface area contributed by atoms with Gasteiger partial charge in [-0.1, -0.05) is 0 Å². The van der Waals surface area contributed by atoms with Crippen molar-refractivity contribution in [3.05, 3.63) is 11.8 Å². The van der Waals surface area contributed by atoms with E-state index in [9.17, 15) is 4.79 Å². The molecule has 0 bridgehead atoms. The van der Waals surface area contributed by atoms with E-state index >= 15 is 0 Å². The van der Waals surface area contributed by atoms with Crippen LogP contribution in [0.2, 0.25) is 0 Å². The van der Waals surface area contributed by atoms with Crippen LogP contribution < -0.4 is 5.73 Å². The Morgan fingerprint density at radius 1 is 1.41 bits per heavy atom. The van der Waals surface area contributed by atoms with E-state index < -0.39 is 0 Å². The zero-order valence-corrected chi connectivity index (χ0v) is 13.7. The molecule has 0 aliphatic carbocycles. The van der Waals surface area contributed by atoms with Gasteiger partial charge in [0.1, 0.15) is 11.4 Å². The number of aromatic nitrogens is 2. The monoisotopic (exact) mass is 304 g/mol. The number of likely N-dealkylation sites (tertiary alicyclic amines) is 1. The topological polar surface area (TPSA) is 88.9 Å². The molecule has 1 aromatic heterocycles. The number of rotatable bonds is 2. The molecule has 7 nitrogen and oxygen atoms in total. The summed E-state index contributed by atoms with van der Waals surface area (Å²) in [5, 5.41) is 12.5. The Labute approximate surface area is 130 Å². The fraction of sp³-hybridized carbons (Fsp3) is 0.733. The quantitative estimate of drug-likeness (QED) is 0.908. The van der Waals surface area contributed by atoms with Crippen molar-refractivity contribution in [1.82, 2.24) is 14.7 Å². The van der Waals surface area contributed by atoms with E-state index in [-0.39, 0.29) is 17.1 Å². The minimum absolute atomic E-state index is 0.0399. The molecule has 1 fully saturated rings. The Kier molecular flexibility index (Phi) is 3.27. The van der Waals surface area contributed by atoms with E-state index in [1.54, 1.807) is 10.9 Å². The molecular weight excluding hydrogens is 280 g/mol. The molecule has 2 aliphatic heterocycles. The van der Waals surface area contributed by atoms with Crippen molar-refractivity contribution in [1.29, 1.82) is 0 Å². The van der Waals surface area contributed by atoms with Crippen molar-refractivity contribution in [3.63, 3.8) is 0 Å². The maximum atomic E-state index is 12.8. The van der Waals surface area contributed by atoms with Crippen LogP contribution in [0.1, 0.15) is 50.9 Å². The summed E-state index contributed by atoms with van der Waals surface area (Å²) in [7, 11) is 0. The van der Waals surface area contributed by atoms with Gasteiger partial charge in [0.2, 0.25) is 0 Å². The lowest BCUT2D eigenvalue weighted by atomic mass is 9.89. The van der Waals surface area contributed by atoms with Crippen LogP contribution in [0.3, 0.4) is 0 Å². The number of carbonyl (C=O) groups is 1. The van der Waals surface area contributed by atoms with Crippen molar-refractivity contribution in [3.8, 4) is 0 Å². The summed E-state index contributed by atoms with van der Waals surface area (Å²) in [6, 6.07) is 0. The van der Waals surface area contributed by atoms with E-state index in [0.717, 1.165) is 19.4 Å². The second kappa shape index (κ2) is 4.79. The minimum Gasteiger partial charge on any atom is -0.383 e. The Morgan fingerprint density at radius 3 is 2.64 bits per heavy atom. The lowest BCUT2D eigenvalue weighted by molar-refractivity contribution is 0.0648. The summed E-state index contributed by atoms with van der Waals surface area (Å²) < 4.78 is 1.70. The molecule has 0 spiro atoms. The molecule has 0 aromatic carbocycles. The third-order valence-corrected chi connectivity index (χ3v) is 4.57. The number of anilines is 1. The van der Waals surface area contributed by atoms with Crippen LogP contribution in [-0.2, 0) is 5.54 Å². The molecule has 1 atom stereocenters. The summed E-state index contributed by atoms with van der Waals surface area (Å²) in [4.78, 5) is 14.6.